The zero-order valence-electron chi connectivity index (χ0n) is 19.8. The molecule has 0 unspecified atom stereocenters. The summed E-state index contributed by atoms with van der Waals surface area (Å²) in [5, 5.41) is 3.71. The van der Waals surface area contributed by atoms with Crippen molar-refractivity contribution in [2.75, 3.05) is 0 Å². The highest BCUT2D eigenvalue weighted by atomic mass is 35.5. The smallest absolute Gasteiger partial charge is 0.129 e. The highest BCUT2D eigenvalue weighted by Crippen LogP contribution is 2.31. The zero-order valence-corrected chi connectivity index (χ0v) is 20.5. The van der Waals surface area contributed by atoms with Gasteiger partial charge in [0.1, 0.15) is 5.15 Å². The molecule has 7 rings (SSSR count). The first kappa shape index (κ1) is 21.7. The van der Waals surface area contributed by atoms with Crippen molar-refractivity contribution in [2.24, 2.45) is 0 Å². The van der Waals surface area contributed by atoms with Gasteiger partial charge in [0.25, 0.3) is 0 Å². The van der Waals surface area contributed by atoms with Crippen LogP contribution in [0.3, 0.4) is 0 Å². The third-order valence-electron chi connectivity index (χ3n) is 6.74. The van der Waals surface area contributed by atoms with Gasteiger partial charge in [0.2, 0.25) is 0 Å². The Morgan fingerprint density at radius 2 is 0.973 bits per heavy atom. The molecule has 174 valence electrons. The van der Waals surface area contributed by atoms with E-state index in [1.165, 1.54) is 0 Å². The molecule has 0 atom stereocenters. The number of fused-ring (bicyclic) bond motifs is 4. The molecule has 0 saturated carbocycles. The summed E-state index contributed by atoms with van der Waals surface area (Å²) in [5.74, 6) is 0. The Bertz CT molecular complexity index is 1950. The predicted molar refractivity (Wildman–Crippen MR) is 154 cm³/mol. The number of pyridine rings is 3. The van der Waals surface area contributed by atoms with Crippen LogP contribution < -0.4 is 0 Å². The number of hydrogen-bond acceptors (Lipinski definition) is 3. The fraction of sp³-hybridized carbons (Fsp3) is 0. The molecule has 3 aromatic heterocycles. The molecule has 0 aliphatic rings. The normalized spacial score (nSPS) is 11.4. The van der Waals surface area contributed by atoms with Crippen molar-refractivity contribution >= 4 is 44.3 Å². The molecule has 0 fully saturated rings. The van der Waals surface area contributed by atoms with Crippen LogP contribution in [0.1, 0.15) is 0 Å². The zero-order chi connectivity index (χ0) is 24.8. The maximum absolute atomic E-state index is 6.13. The lowest BCUT2D eigenvalue weighted by Crippen LogP contribution is -1.91. The van der Waals surface area contributed by atoms with E-state index >= 15 is 0 Å². The number of aromatic nitrogens is 3. The van der Waals surface area contributed by atoms with Crippen LogP contribution in [0, 0.1) is 0 Å². The van der Waals surface area contributed by atoms with E-state index in [4.69, 9.17) is 21.6 Å². The predicted octanol–water partition coefficient (Wildman–Crippen LogP) is 8.99. The lowest BCUT2D eigenvalue weighted by atomic mass is 9.99. The minimum Gasteiger partial charge on any atom is -0.245 e. The molecular formula is C33H20ClN3. The quantitative estimate of drug-likeness (QED) is 0.182. The molecule has 0 bridgehead atoms. The average molecular weight is 494 g/mol. The maximum atomic E-state index is 6.13. The Morgan fingerprint density at radius 3 is 1.73 bits per heavy atom. The molecule has 4 heteroatoms. The first-order valence-electron chi connectivity index (χ1n) is 12.1. The molecule has 0 aliphatic carbocycles. The van der Waals surface area contributed by atoms with E-state index in [0.29, 0.717) is 5.15 Å². The summed E-state index contributed by atoms with van der Waals surface area (Å²) >= 11 is 6.13. The van der Waals surface area contributed by atoms with Crippen molar-refractivity contribution in [3.05, 3.63) is 126 Å². The lowest BCUT2D eigenvalue weighted by molar-refractivity contribution is 1.36. The average Bonchev–Trinajstić information content (AvgIpc) is 2.96. The molecular weight excluding hydrogens is 474 g/mol. The monoisotopic (exact) mass is 493 g/mol. The summed E-state index contributed by atoms with van der Waals surface area (Å²) in [5.41, 5.74) is 8.89. The van der Waals surface area contributed by atoms with Gasteiger partial charge in [-0.05, 0) is 47.5 Å². The number of rotatable bonds is 3. The van der Waals surface area contributed by atoms with Gasteiger partial charge in [0, 0.05) is 27.3 Å². The molecule has 0 saturated heterocycles. The molecule has 0 aliphatic heterocycles. The third kappa shape index (κ3) is 4.00. The molecule has 0 N–H and O–H groups in total. The number of nitrogens with zero attached hydrogens (tertiary/aromatic N) is 3. The Kier molecular flexibility index (Phi) is 5.16. The number of hydrogen-bond donors (Lipinski definition) is 0. The van der Waals surface area contributed by atoms with Crippen LogP contribution in [0.4, 0.5) is 0 Å². The van der Waals surface area contributed by atoms with Crippen molar-refractivity contribution in [3.8, 4) is 33.6 Å². The standard InChI is InChI=1S/C33H20ClN3/c34-31-18-15-22-9-12-26(20-30(22)35-31)25-7-4-8-27(19-25)29-17-14-24-11-10-23-13-16-28(21-5-2-1-3-6-21)36-32(23)33(24)37-29/h1-20H. The molecule has 7 aromatic rings. The summed E-state index contributed by atoms with van der Waals surface area (Å²) in [6.07, 6.45) is 0. The van der Waals surface area contributed by atoms with Gasteiger partial charge in [-0.15, -0.1) is 0 Å². The summed E-state index contributed by atoms with van der Waals surface area (Å²) in [6.45, 7) is 0. The lowest BCUT2D eigenvalue weighted by Gasteiger charge is -2.10. The van der Waals surface area contributed by atoms with Crippen molar-refractivity contribution in [1.29, 1.82) is 0 Å². The van der Waals surface area contributed by atoms with E-state index in [9.17, 15) is 0 Å². The van der Waals surface area contributed by atoms with Gasteiger partial charge < -0.3 is 0 Å². The second-order valence-electron chi connectivity index (χ2n) is 9.09. The van der Waals surface area contributed by atoms with Gasteiger partial charge in [-0.3, -0.25) is 0 Å². The minimum absolute atomic E-state index is 0.495. The Balaban J connectivity index is 1.35. The SMILES string of the molecule is Clc1ccc2ccc(-c3cccc(-c4ccc5ccc6ccc(-c7ccccc7)nc6c5n4)c3)cc2n1. The van der Waals surface area contributed by atoms with Crippen LogP contribution in [0.2, 0.25) is 5.15 Å². The van der Waals surface area contributed by atoms with Crippen molar-refractivity contribution < 1.29 is 0 Å². The summed E-state index contributed by atoms with van der Waals surface area (Å²) in [7, 11) is 0. The highest BCUT2D eigenvalue weighted by Gasteiger charge is 2.10. The van der Waals surface area contributed by atoms with Crippen LogP contribution in [-0.4, -0.2) is 15.0 Å². The Morgan fingerprint density at radius 1 is 0.405 bits per heavy atom. The second kappa shape index (κ2) is 8.81. The first-order chi connectivity index (χ1) is 18.2. The molecule has 3 nitrogen and oxygen atoms in total. The van der Waals surface area contributed by atoms with Crippen LogP contribution in [-0.2, 0) is 0 Å². The van der Waals surface area contributed by atoms with Gasteiger partial charge >= 0.3 is 0 Å². The van der Waals surface area contributed by atoms with Crippen LogP contribution in [0.25, 0.3) is 66.4 Å². The summed E-state index contributed by atoms with van der Waals surface area (Å²) < 4.78 is 0. The van der Waals surface area contributed by atoms with Crippen LogP contribution >= 0.6 is 11.6 Å². The third-order valence-corrected chi connectivity index (χ3v) is 6.95. The maximum Gasteiger partial charge on any atom is 0.129 e. The van der Waals surface area contributed by atoms with E-state index in [2.05, 4.69) is 96.0 Å². The van der Waals surface area contributed by atoms with E-state index in [1.807, 2.05) is 30.3 Å². The van der Waals surface area contributed by atoms with Gasteiger partial charge in [-0.1, -0.05) is 96.5 Å². The van der Waals surface area contributed by atoms with Gasteiger partial charge in [-0.25, -0.2) is 15.0 Å². The summed E-state index contributed by atoms with van der Waals surface area (Å²) in [4.78, 5) is 14.6. The molecule has 4 aromatic carbocycles. The number of benzene rings is 4. The van der Waals surface area contributed by atoms with Gasteiger partial charge in [-0.2, -0.15) is 0 Å². The number of halogens is 1. The minimum atomic E-state index is 0.495. The topological polar surface area (TPSA) is 38.7 Å². The molecule has 37 heavy (non-hydrogen) atoms. The second-order valence-corrected chi connectivity index (χ2v) is 9.48. The van der Waals surface area contributed by atoms with E-state index in [0.717, 1.165) is 66.4 Å². The van der Waals surface area contributed by atoms with Gasteiger partial charge in [0.15, 0.2) is 0 Å². The fourth-order valence-corrected chi connectivity index (χ4v) is 4.98. The van der Waals surface area contributed by atoms with Crippen LogP contribution in [0.5, 0.6) is 0 Å². The molecule has 0 amide bonds. The highest BCUT2D eigenvalue weighted by molar-refractivity contribution is 6.29. The van der Waals surface area contributed by atoms with E-state index in [1.54, 1.807) is 0 Å². The fourth-order valence-electron chi connectivity index (χ4n) is 4.83. The summed E-state index contributed by atoms with van der Waals surface area (Å²) in [6, 6.07) is 41.4. The van der Waals surface area contributed by atoms with Crippen molar-refractivity contribution in [1.82, 2.24) is 15.0 Å². The van der Waals surface area contributed by atoms with Crippen molar-refractivity contribution in [3.63, 3.8) is 0 Å². The van der Waals surface area contributed by atoms with E-state index in [-0.39, 0.29) is 0 Å². The van der Waals surface area contributed by atoms with E-state index < -0.39 is 0 Å². The van der Waals surface area contributed by atoms with Gasteiger partial charge in [0.05, 0.1) is 27.9 Å². The molecule has 0 radical (unpaired) electrons. The molecule has 3 heterocycles. The van der Waals surface area contributed by atoms with Crippen LogP contribution in [0.15, 0.2) is 121 Å². The van der Waals surface area contributed by atoms with Crippen molar-refractivity contribution in [2.45, 2.75) is 0 Å². The Labute approximate surface area is 219 Å². The first-order valence-corrected chi connectivity index (χ1v) is 12.5. The molecule has 0 spiro atoms. The Hall–Kier alpha value is -4.60. The largest absolute Gasteiger partial charge is 0.245 e.